The van der Waals surface area contributed by atoms with E-state index in [2.05, 4.69) is 4.90 Å². The van der Waals surface area contributed by atoms with Crippen LogP contribution in [0.15, 0.2) is 30.3 Å². The van der Waals surface area contributed by atoms with Gasteiger partial charge in [0.2, 0.25) is 5.91 Å². The molecular formula is C16H24N2O3. The lowest BCUT2D eigenvalue weighted by Crippen LogP contribution is -2.28. The van der Waals surface area contributed by atoms with Crippen LogP contribution in [-0.2, 0) is 9.59 Å². The highest BCUT2D eigenvalue weighted by Gasteiger charge is 2.09. The van der Waals surface area contributed by atoms with Gasteiger partial charge in [0.1, 0.15) is 0 Å². The number of hydrogen-bond acceptors (Lipinski definition) is 3. The van der Waals surface area contributed by atoms with Gasteiger partial charge in [-0.15, -0.1) is 0 Å². The van der Waals surface area contributed by atoms with Gasteiger partial charge in [-0.25, -0.2) is 0 Å². The van der Waals surface area contributed by atoms with Gasteiger partial charge in [0.05, 0.1) is 0 Å². The summed E-state index contributed by atoms with van der Waals surface area (Å²) in [6, 6.07) is 9.90. The zero-order valence-electron chi connectivity index (χ0n) is 12.8. The number of carboxylic acid groups (broad SMARTS) is 1. The normalized spacial score (nSPS) is 10.2. The minimum absolute atomic E-state index is 0.119. The lowest BCUT2D eigenvalue weighted by molar-refractivity contribution is -0.137. The van der Waals surface area contributed by atoms with Gasteiger partial charge in [-0.2, -0.15) is 0 Å². The van der Waals surface area contributed by atoms with Gasteiger partial charge in [0, 0.05) is 45.7 Å². The molecule has 0 aromatic heterocycles. The number of amides is 1. The van der Waals surface area contributed by atoms with Crippen LogP contribution < -0.4 is 4.90 Å². The first-order chi connectivity index (χ1) is 10.0. The average Bonchev–Trinajstić information content (AvgIpc) is 2.46. The predicted octanol–water partition coefficient (Wildman–Crippen LogP) is 2.23. The standard InChI is InChI=1S/C16H24N2O3/c1-17(2)15(19)10-6-12-18(13-7-11-16(20)21)14-8-4-3-5-9-14/h3-5,8-9H,6-7,10-13H2,1-2H3,(H,20,21). The number of carboxylic acids is 1. The van der Waals surface area contributed by atoms with E-state index in [4.69, 9.17) is 5.11 Å². The van der Waals surface area contributed by atoms with Crippen LogP contribution in [0.1, 0.15) is 25.7 Å². The SMILES string of the molecule is CN(C)C(=O)CCCN(CCCC(=O)O)c1ccccc1. The van der Waals surface area contributed by atoms with Crippen molar-refractivity contribution in [1.82, 2.24) is 4.90 Å². The maximum Gasteiger partial charge on any atom is 0.303 e. The second-order valence-electron chi connectivity index (χ2n) is 5.21. The summed E-state index contributed by atoms with van der Waals surface area (Å²) in [7, 11) is 3.51. The fraction of sp³-hybridized carbons (Fsp3) is 0.500. The molecule has 0 aliphatic heterocycles. The zero-order chi connectivity index (χ0) is 15.7. The molecule has 0 heterocycles. The first kappa shape index (κ1) is 17.0. The van der Waals surface area contributed by atoms with Crippen molar-refractivity contribution >= 4 is 17.6 Å². The Morgan fingerprint density at radius 3 is 2.10 bits per heavy atom. The van der Waals surface area contributed by atoms with E-state index in [-0.39, 0.29) is 12.3 Å². The number of carbonyl (C=O) groups excluding carboxylic acids is 1. The van der Waals surface area contributed by atoms with Gasteiger partial charge in [0.25, 0.3) is 0 Å². The quantitative estimate of drug-likeness (QED) is 0.758. The Balaban J connectivity index is 2.52. The molecule has 0 unspecified atom stereocenters. The lowest BCUT2D eigenvalue weighted by atomic mass is 10.2. The van der Waals surface area contributed by atoms with Crippen LogP contribution in [-0.4, -0.2) is 49.1 Å². The third kappa shape index (κ3) is 6.79. The Hall–Kier alpha value is -2.04. The number of hydrogen-bond donors (Lipinski definition) is 1. The van der Waals surface area contributed by atoms with E-state index in [1.807, 2.05) is 30.3 Å². The molecule has 1 N–H and O–H groups in total. The molecule has 5 nitrogen and oxygen atoms in total. The molecule has 116 valence electrons. The summed E-state index contributed by atoms with van der Waals surface area (Å²) < 4.78 is 0. The van der Waals surface area contributed by atoms with Crippen LogP contribution in [0.5, 0.6) is 0 Å². The molecule has 0 atom stereocenters. The molecule has 0 spiro atoms. The molecule has 1 amide bonds. The van der Waals surface area contributed by atoms with E-state index in [9.17, 15) is 9.59 Å². The van der Waals surface area contributed by atoms with Crippen molar-refractivity contribution in [1.29, 1.82) is 0 Å². The molecule has 1 aromatic carbocycles. The molecule has 1 rings (SSSR count). The third-order valence-corrected chi connectivity index (χ3v) is 3.26. The number of carbonyl (C=O) groups is 2. The van der Waals surface area contributed by atoms with Crippen molar-refractivity contribution in [2.24, 2.45) is 0 Å². The van der Waals surface area contributed by atoms with Crippen LogP contribution in [0, 0.1) is 0 Å². The summed E-state index contributed by atoms with van der Waals surface area (Å²) >= 11 is 0. The number of nitrogens with zero attached hydrogens (tertiary/aromatic N) is 2. The highest BCUT2D eigenvalue weighted by Crippen LogP contribution is 2.15. The van der Waals surface area contributed by atoms with Crippen molar-refractivity contribution in [2.75, 3.05) is 32.1 Å². The second kappa shape index (κ2) is 9.00. The Bertz CT molecular complexity index is 446. The van der Waals surface area contributed by atoms with Crippen LogP contribution in [0.3, 0.4) is 0 Å². The summed E-state index contributed by atoms with van der Waals surface area (Å²) in [5.41, 5.74) is 1.07. The first-order valence-corrected chi connectivity index (χ1v) is 7.22. The monoisotopic (exact) mass is 292 g/mol. The second-order valence-corrected chi connectivity index (χ2v) is 5.21. The average molecular weight is 292 g/mol. The van der Waals surface area contributed by atoms with Gasteiger partial charge < -0.3 is 14.9 Å². The van der Waals surface area contributed by atoms with E-state index >= 15 is 0 Å². The molecule has 0 aliphatic carbocycles. The van der Waals surface area contributed by atoms with Crippen molar-refractivity contribution in [2.45, 2.75) is 25.7 Å². The topological polar surface area (TPSA) is 60.9 Å². The van der Waals surface area contributed by atoms with Crippen LogP contribution in [0.25, 0.3) is 0 Å². The molecule has 5 heteroatoms. The van der Waals surface area contributed by atoms with Gasteiger partial charge in [-0.3, -0.25) is 9.59 Å². The van der Waals surface area contributed by atoms with Crippen molar-refractivity contribution in [3.8, 4) is 0 Å². The fourth-order valence-electron chi connectivity index (χ4n) is 2.07. The number of para-hydroxylation sites is 1. The minimum atomic E-state index is -0.772. The summed E-state index contributed by atoms with van der Waals surface area (Å²) in [6.45, 7) is 1.44. The Morgan fingerprint density at radius 2 is 1.57 bits per heavy atom. The first-order valence-electron chi connectivity index (χ1n) is 7.22. The van der Waals surface area contributed by atoms with E-state index in [0.29, 0.717) is 19.4 Å². The smallest absolute Gasteiger partial charge is 0.303 e. The molecule has 21 heavy (non-hydrogen) atoms. The van der Waals surface area contributed by atoms with Crippen LogP contribution in [0.4, 0.5) is 5.69 Å². The summed E-state index contributed by atoms with van der Waals surface area (Å²) in [5.74, 6) is -0.653. The minimum Gasteiger partial charge on any atom is -0.481 e. The van der Waals surface area contributed by atoms with Gasteiger partial charge >= 0.3 is 5.97 Å². The van der Waals surface area contributed by atoms with Crippen LogP contribution in [0.2, 0.25) is 0 Å². The molecule has 0 radical (unpaired) electrons. The summed E-state index contributed by atoms with van der Waals surface area (Å²) in [6.07, 6.45) is 2.04. The Labute approximate surface area is 126 Å². The zero-order valence-corrected chi connectivity index (χ0v) is 12.8. The maximum absolute atomic E-state index is 11.6. The summed E-state index contributed by atoms with van der Waals surface area (Å²) in [5, 5.41) is 8.74. The maximum atomic E-state index is 11.6. The Kier molecular flexibility index (Phi) is 7.29. The van der Waals surface area contributed by atoms with E-state index in [1.54, 1.807) is 19.0 Å². The fourth-order valence-corrected chi connectivity index (χ4v) is 2.07. The van der Waals surface area contributed by atoms with Crippen LogP contribution >= 0.6 is 0 Å². The van der Waals surface area contributed by atoms with E-state index < -0.39 is 5.97 Å². The number of aliphatic carboxylic acids is 1. The molecule has 0 bridgehead atoms. The van der Waals surface area contributed by atoms with Gasteiger partial charge in [-0.05, 0) is 25.0 Å². The molecule has 0 saturated heterocycles. The molecule has 0 saturated carbocycles. The number of benzene rings is 1. The molecule has 0 aliphatic rings. The highest BCUT2D eigenvalue weighted by molar-refractivity contribution is 5.75. The highest BCUT2D eigenvalue weighted by atomic mass is 16.4. The van der Waals surface area contributed by atoms with E-state index in [1.165, 1.54) is 0 Å². The number of anilines is 1. The van der Waals surface area contributed by atoms with Crippen molar-refractivity contribution in [3.05, 3.63) is 30.3 Å². The molecule has 0 fully saturated rings. The molecular weight excluding hydrogens is 268 g/mol. The largest absolute Gasteiger partial charge is 0.481 e. The summed E-state index contributed by atoms with van der Waals surface area (Å²) in [4.78, 5) is 26.0. The third-order valence-electron chi connectivity index (χ3n) is 3.26. The number of rotatable bonds is 9. The van der Waals surface area contributed by atoms with Crippen molar-refractivity contribution in [3.63, 3.8) is 0 Å². The van der Waals surface area contributed by atoms with Gasteiger partial charge in [-0.1, -0.05) is 18.2 Å². The van der Waals surface area contributed by atoms with E-state index in [0.717, 1.165) is 18.7 Å². The molecule has 1 aromatic rings. The Morgan fingerprint density at radius 1 is 1.00 bits per heavy atom. The van der Waals surface area contributed by atoms with Crippen molar-refractivity contribution < 1.29 is 14.7 Å². The predicted molar refractivity (Wildman–Crippen MR) is 83.5 cm³/mol. The van der Waals surface area contributed by atoms with Gasteiger partial charge in [0.15, 0.2) is 0 Å². The lowest BCUT2D eigenvalue weighted by Gasteiger charge is -2.25.